The second kappa shape index (κ2) is 8.67. The number of hydrogen-bond donors (Lipinski definition) is 1. The molecule has 0 bridgehead atoms. The van der Waals surface area contributed by atoms with Crippen LogP contribution in [0.2, 0.25) is 0 Å². The quantitative estimate of drug-likeness (QED) is 0.574. The van der Waals surface area contributed by atoms with Gasteiger partial charge in [0.15, 0.2) is 6.04 Å². The van der Waals surface area contributed by atoms with Crippen molar-refractivity contribution < 1.29 is 29.2 Å². The lowest BCUT2D eigenvalue weighted by Crippen LogP contribution is -2.90. The number of nitrogens with two attached hydrogens (primary N) is 1. The smallest absolute Gasteiger partial charge is 0.338 e. The van der Waals surface area contributed by atoms with E-state index in [1.54, 1.807) is 38.3 Å². The standard InChI is InChI=1S/C21H22N2O5/c1-3-28-21(26)15-6-8-16(9-7-15)23-19(24)12-18(20(23)25)22-13-14-4-10-17(27-2)11-5-14/h4-11,18,22H,3,12-13H2,1-2H3/p+1/t18-/m0/s1. The Labute approximate surface area is 163 Å². The molecule has 0 aromatic heterocycles. The van der Waals surface area contributed by atoms with Crippen molar-refractivity contribution in [3.05, 3.63) is 59.7 Å². The lowest BCUT2D eigenvalue weighted by Gasteiger charge is -2.14. The number of ether oxygens (including phenoxy) is 2. The Balaban J connectivity index is 1.65. The molecule has 1 atom stereocenters. The summed E-state index contributed by atoms with van der Waals surface area (Å²) in [6.07, 6.45) is 0.147. The van der Waals surface area contributed by atoms with Crippen molar-refractivity contribution in [3.63, 3.8) is 0 Å². The lowest BCUT2D eigenvalue weighted by atomic mass is 10.2. The maximum atomic E-state index is 12.7. The van der Waals surface area contributed by atoms with E-state index in [0.29, 0.717) is 17.8 Å². The van der Waals surface area contributed by atoms with Gasteiger partial charge in [0.05, 0.1) is 31.4 Å². The summed E-state index contributed by atoms with van der Waals surface area (Å²) in [5.41, 5.74) is 1.88. The third-order valence-electron chi connectivity index (χ3n) is 4.62. The molecule has 1 fully saturated rings. The number of rotatable bonds is 7. The molecule has 7 heteroatoms. The minimum atomic E-state index is -0.459. The van der Waals surface area contributed by atoms with Crippen LogP contribution in [0, 0.1) is 0 Å². The molecule has 0 radical (unpaired) electrons. The fourth-order valence-electron chi connectivity index (χ4n) is 3.11. The molecule has 2 aromatic carbocycles. The van der Waals surface area contributed by atoms with Crippen LogP contribution in [0.5, 0.6) is 5.75 Å². The Morgan fingerprint density at radius 2 is 1.79 bits per heavy atom. The second-order valence-corrected chi connectivity index (χ2v) is 6.43. The second-order valence-electron chi connectivity index (χ2n) is 6.43. The van der Waals surface area contributed by atoms with E-state index in [9.17, 15) is 14.4 Å². The molecule has 2 amide bonds. The number of hydrogen-bond acceptors (Lipinski definition) is 5. The summed E-state index contributed by atoms with van der Waals surface area (Å²) in [5, 5.41) is 1.87. The van der Waals surface area contributed by atoms with Crippen molar-refractivity contribution in [2.24, 2.45) is 0 Å². The minimum absolute atomic E-state index is 0.147. The van der Waals surface area contributed by atoms with Gasteiger partial charge in [-0.1, -0.05) is 0 Å². The summed E-state index contributed by atoms with van der Waals surface area (Å²) in [6, 6.07) is 13.4. The number of anilines is 1. The molecule has 1 aliphatic heterocycles. The van der Waals surface area contributed by atoms with Crippen molar-refractivity contribution in [1.29, 1.82) is 0 Å². The van der Waals surface area contributed by atoms with Crippen LogP contribution in [0.1, 0.15) is 29.3 Å². The topological polar surface area (TPSA) is 89.5 Å². The summed E-state index contributed by atoms with van der Waals surface area (Å²) >= 11 is 0. The van der Waals surface area contributed by atoms with Gasteiger partial charge in [-0.05, 0) is 55.5 Å². The fourth-order valence-corrected chi connectivity index (χ4v) is 3.11. The van der Waals surface area contributed by atoms with Gasteiger partial charge in [0.2, 0.25) is 5.91 Å². The van der Waals surface area contributed by atoms with Crippen LogP contribution in [0.4, 0.5) is 5.69 Å². The van der Waals surface area contributed by atoms with Gasteiger partial charge in [0, 0.05) is 5.56 Å². The van der Waals surface area contributed by atoms with Crippen molar-refractivity contribution in [2.75, 3.05) is 18.6 Å². The Bertz CT molecular complexity index is 861. The molecular formula is C21H23N2O5+. The molecule has 1 saturated heterocycles. The van der Waals surface area contributed by atoms with Crippen LogP contribution in [0.15, 0.2) is 48.5 Å². The number of carbonyl (C=O) groups excluding carboxylic acids is 3. The predicted octanol–water partition coefficient (Wildman–Crippen LogP) is 1.27. The number of quaternary nitrogens is 1. The van der Waals surface area contributed by atoms with Gasteiger partial charge in [-0.3, -0.25) is 9.59 Å². The summed E-state index contributed by atoms with van der Waals surface area (Å²) in [7, 11) is 1.61. The van der Waals surface area contributed by atoms with E-state index in [-0.39, 0.29) is 24.8 Å². The Morgan fingerprint density at radius 3 is 2.39 bits per heavy atom. The maximum absolute atomic E-state index is 12.7. The highest BCUT2D eigenvalue weighted by Crippen LogP contribution is 2.22. The first kappa shape index (κ1) is 19.6. The Kier molecular flexibility index (Phi) is 6.06. The molecule has 0 aliphatic carbocycles. The Hall–Kier alpha value is -3.19. The maximum Gasteiger partial charge on any atom is 0.338 e. The van der Waals surface area contributed by atoms with Crippen LogP contribution in [0.25, 0.3) is 0 Å². The van der Waals surface area contributed by atoms with E-state index in [1.807, 2.05) is 29.6 Å². The number of methoxy groups -OCH3 is 1. The van der Waals surface area contributed by atoms with E-state index < -0.39 is 12.0 Å². The average Bonchev–Trinajstić information content (AvgIpc) is 3.00. The van der Waals surface area contributed by atoms with E-state index in [4.69, 9.17) is 9.47 Å². The van der Waals surface area contributed by atoms with Gasteiger partial charge >= 0.3 is 5.97 Å². The molecule has 0 unspecified atom stereocenters. The van der Waals surface area contributed by atoms with Gasteiger partial charge < -0.3 is 14.8 Å². The summed E-state index contributed by atoms with van der Waals surface area (Å²) in [6.45, 7) is 2.61. The largest absolute Gasteiger partial charge is 0.497 e. The number of benzene rings is 2. The normalized spacial score (nSPS) is 16.4. The zero-order chi connectivity index (χ0) is 20.1. The third-order valence-corrected chi connectivity index (χ3v) is 4.62. The molecule has 146 valence electrons. The molecule has 1 heterocycles. The number of nitrogens with zero attached hydrogens (tertiary/aromatic N) is 1. The monoisotopic (exact) mass is 383 g/mol. The highest BCUT2D eigenvalue weighted by molar-refractivity contribution is 6.21. The van der Waals surface area contributed by atoms with Gasteiger partial charge in [0.1, 0.15) is 12.3 Å². The van der Waals surface area contributed by atoms with Gasteiger partial charge in [-0.15, -0.1) is 0 Å². The first-order valence-corrected chi connectivity index (χ1v) is 9.13. The summed E-state index contributed by atoms with van der Waals surface area (Å²) in [4.78, 5) is 38.0. The molecule has 3 rings (SSSR count). The molecule has 2 aromatic rings. The molecule has 7 nitrogen and oxygen atoms in total. The highest BCUT2D eigenvalue weighted by Gasteiger charge is 2.42. The van der Waals surface area contributed by atoms with Crippen LogP contribution in [0.3, 0.4) is 0 Å². The van der Waals surface area contributed by atoms with Crippen molar-refractivity contribution >= 4 is 23.5 Å². The lowest BCUT2D eigenvalue weighted by molar-refractivity contribution is -0.690. The van der Waals surface area contributed by atoms with E-state index in [2.05, 4.69) is 0 Å². The average molecular weight is 383 g/mol. The van der Waals surface area contributed by atoms with Crippen molar-refractivity contribution in [3.8, 4) is 5.75 Å². The van der Waals surface area contributed by atoms with Gasteiger partial charge in [0.25, 0.3) is 5.91 Å². The zero-order valence-electron chi connectivity index (χ0n) is 15.9. The molecule has 0 spiro atoms. The van der Waals surface area contributed by atoms with Gasteiger partial charge in [-0.2, -0.15) is 0 Å². The van der Waals surface area contributed by atoms with E-state index in [0.717, 1.165) is 11.3 Å². The van der Waals surface area contributed by atoms with Crippen LogP contribution >= 0.6 is 0 Å². The molecular weight excluding hydrogens is 360 g/mol. The number of esters is 1. The SMILES string of the molecule is CCOC(=O)c1ccc(N2C(=O)C[C@H]([NH2+]Cc3ccc(OC)cc3)C2=O)cc1. The van der Waals surface area contributed by atoms with Gasteiger partial charge in [-0.25, -0.2) is 9.69 Å². The van der Waals surface area contributed by atoms with Crippen LogP contribution in [-0.4, -0.2) is 37.5 Å². The molecule has 0 saturated carbocycles. The van der Waals surface area contributed by atoms with Crippen molar-refractivity contribution in [1.82, 2.24) is 0 Å². The first-order chi connectivity index (χ1) is 13.5. The first-order valence-electron chi connectivity index (χ1n) is 9.13. The fraction of sp³-hybridized carbons (Fsp3) is 0.286. The van der Waals surface area contributed by atoms with Crippen LogP contribution in [-0.2, 0) is 20.9 Å². The number of amides is 2. The molecule has 2 N–H and O–H groups in total. The van der Waals surface area contributed by atoms with Crippen LogP contribution < -0.4 is 15.0 Å². The van der Waals surface area contributed by atoms with E-state index >= 15 is 0 Å². The zero-order valence-corrected chi connectivity index (χ0v) is 15.9. The summed E-state index contributed by atoms with van der Waals surface area (Å²) < 4.78 is 10.1. The highest BCUT2D eigenvalue weighted by atomic mass is 16.5. The molecule has 28 heavy (non-hydrogen) atoms. The predicted molar refractivity (Wildman–Crippen MR) is 102 cm³/mol. The number of carbonyl (C=O) groups is 3. The van der Waals surface area contributed by atoms with E-state index in [1.165, 1.54) is 4.90 Å². The summed E-state index contributed by atoms with van der Waals surface area (Å²) in [5.74, 6) is -0.153. The minimum Gasteiger partial charge on any atom is -0.497 e. The number of imide groups is 1. The Morgan fingerprint density at radius 1 is 1.11 bits per heavy atom. The third kappa shape index (κ3) is 4.20. The molecule has 1 aliphatic rings. The van der Waals surface area contributed by atoms with Crippen molar-refractivity contribution in [2.45, 2.75) is 25.9 Å².